The van der Waals surface area contributed by atoms with Gasteiger partial charge in [-0.3, -0.25) is 10.9 Å². The molecule has 8 aliphatic heterocycles. The average Bonchev–Trinajstić information content (AvgIpc) is 3.40. The Morgan fingerprint density at radius 3 is 0.903 bits per heavy atom. The molecule has 0 unspecified atom stereocenters. The summed E-state index contributed by atoms with van der Waals surface area (Å²) in [6.07, 6.45) is 22.3. The largest absolute Gasteiger partial charge is 0.507 e. The van der Waals surface area contributed by atoms with Gasteiger partial charge in [0, 0.05) is 120 Å². The number of nitrogens with zero attached hydrogens (tertiary/aromatic N) is 8. The Hall–Kier alpha value is -7.08. The van der Waals surface area contributed by atoms with E-state index in [0.717, 1.165) is 177 Å². The third-order valence-corrected chi connectivity index (χ3v) is 15.8. The lowest BCUT2D eigenvalue weighted by Gasteiger charge is -2.37. The number of urea groups is 1. The predicted octanol–water partition coefficient (Wildman–Crippen LogP) is 6.49. The second-order valence-corrected chi connectivity index (χ2v) is 20.5. The Balaban J connectivity index is 0.000000156. The van der Waals surface area contributed by atoms with Gasteiger partial charge in [-0.05, 0) is 161 Å². The van der Waals surface area contributed by atoms with E-state index in [9.17, 15) is 25.2 Å². The van der Waals surface area contributed by atoms with Crippen molar-refractivity contribution in [2.24, 2.45) is 20.4 Å². The van der Waals surface area contributed by atoms with Gasteiger partial charge in [-0.15, -0.1) is 0 Å². The molecule has 8 N–H and O–H groups in total. The van der Waals surface area contributed by atoms with E-state index in [2.05, 4.69) is 61.7 Å². The van der Waals surface area contributed by atoms with Crippen molar-refractivity contribution in [2.75, 3.05) is 72.0 Å². The van der Waals surface area contributed by atoms with Crippen molar-refractivity contribution in [3.05, 3.63) is 91.0 Å². The third kappa shape index (κ3) is 9.32. The van der Waals surface area contributed by atoms with Crippen molar-refractivity contribution < 1.29 is 25.2 Å². The van der Waals surface area contributed by atoms with Gasteiger partial charge in [-0.2, -0.15) is 20.4 Å². The lowest BCUT2D eigenvalue weighted by atomic mass is 9.89. The molecule has 2 amide bonds. The van der Waals surface area contributed by atoms with Crippen LogP contribution in [0.5, 0.6) is 23.0 Å². The molecule has 0 atom stereocenters. The van der Waals surface area contributed by atoms with Crippen molar-refractivity contribution in [1.82, 2.24) is 21.7 Å². The van der Waals surface area contributed by atoms with Crippen LogP contribution in [0.25, 0.3) is 0 Å². The summed E-state index contributed by atoms with van der Waals surface area (Å²) in [7, 11) is 0. The maximum Gasteiger partial charge on any atom is 0.355 e. The molecule has 0 bridgehead atoms. The van der Waals surface area contributed by atoms with Gasteiger partial charge in [0.05, 0.1) is 24.9 Å². The maximum absolute atomic E-state index is 12.2. The molecular formula is C54H64N12O5S. The summed E-state index contributed by atoms with van der Waals surface area (Å²) in [6, 6.07) is 7.42. The first-order valence-electron chi connectivity index (χ1n) is 25.9. The van der Waals surface area contributed by atoms with Gasteiger partial charge in [0.2, 0.25) is 5.11 Å². The maximum atomic E-state index is 12.2. The smallest absolute Gasteiger partial charge is 0.355 e. The Morgan fingerprint density at radius 1 is 0.403 bits per heavy atom. The molecular weight excluding hydrogens is 929 g/mol. The number of hydrogen-bond donors (Lipinski definition) is 8. The lowest BCUT2D eigenvalue weighted by Crippen LogP contribution is -2.34. The van der Waals surface area contributed by atoms with Crippen LogP contribution in [0.4, 0.5) is 27.5 Å². The average molecular weight is 993 g/mol. The van der Waals surface area contributed by atoms with Crippen LogP contribution >= 0.6 is 12.2 Å². The molecule has 0 fully saturated rings. The lowest BCUT2D eigenvalue weighted by molar-refractivity contribution is 0.242. The number of nitrogens with one attached hydrogen (secondary N) is 4. The summed E-state index contributed by atoms with van der Waals surface area (Å²) in [5, 5.41) is 60.1. The number of aryl methyl sites for hydroxylation is 4. The highest BCUT2D eigenvalue weighted by Crippen LogP contribution is 2.45. The molecule has 0 radical (unpaired) electrons. The molecule has 12 rings (SSSR count). The van der Waals surface area contributed by atoms with Crippen LogP contribution in [0.1, 0.15) is 118 Å². The fraction of sp³-hybridized carbons (Fsp3) is 0.444. The number of hydrazone groups is 4. The van der Waals surface area contributed by atoms with E-state index < -0.39 is 6.03 Å². The van der Waals surface area contributed by atoms with Gasteiger partial charge in [0.1, 0.15) is 23.0 Å². The number of phenolic OH excluding ortho intramolecular Hbond substituents is 4. The Labute approximate surface area is 425 Å². The first-order valence-corrected chi connectivity index (χ1v) is 26.4. The zero-order chi connectivity index (χ0) is 49.3. The summed E-state index contributed by atoms with van der Waals surface area (Å²) in [4.78, 5) is 21.8. The third-order valence-electron chi connectivity index (χ3n) is 15.6. The van der Waals surface area contributed by atoms with Crippen LogP contribution in [-0.2, 0) is 51.4 Å². The molecule has 8 heterocycles. The highest BCUT2D eigenvalue weighted by Gasteiger charge is 2.31. The zero-order valence-corrected chi connectivity index (χ0v) is 41.6. The Morgan fingerprint density at radius 2 is 0.639 bits per heavy atom. The number of phenols is 4. The number of aromatic hydroxyl groups is 4. The zero-order valence-electron chi connectivity index (χ0n) is 40.8. The van der Waals surface area contributed by atoms with E-state index in [1.807, 2.05) is 24.3 Å². The summed E-state index contributed by atoms with van der Waals surface area (Å²) in [5.41, 5.74) is 26.9. The molecule has 72 heavy (non-hydrogen) atoms. The number of benzene rings is 4. The highest BCUT2D eigenvalue weighted by molar-refractivity contribution is 7.80. The second kappa shape index (κ2) is 20.6. The molecule has 0 aromatic heterocycles. The minimum atomic E-state index is -0.600. The number of amides is 2. The molecule has 8 aliphatic rings. The topological polar surface area (TPSA) is 209 Å². The van der Waals surface area contributed by atoms with E-state index in [-0.39, 0.29) is 16.6 Å². The van der Waals surface area contributed by atoms with Crippen molar-refractivity contribution in [3.63, 3.8) is 0 Å². The molecule has 0 saturated carbocycles. The van der Waals surface area contributed by atoms with E-state index in [1.54, 1.807) is 12.4 Å². The van der Waals surface area contributed by atoms with Crippen LogP contribution in [0.2, 0.25) is 0 Å². The molecule has 0 spiro atoms. The van der Waals surface area contributed by atoms with E-state index in [4.69, 9.17) is 12.2 Å². The summed E-state index contributed by atoms with van der Waals surface area (Å²) < 4.78 is 0. The van der Waals surface area contributed by atoms with E-state index >= 15 is 0 Å². The number of rotatable bonds is 8. The molecule has 4 aromatic rings. The van der Waals surface area contributed by atoms with Crippen molar-refractivity contribution >= 4 is 71.0 Å². The SMILES string of the molecule is O=C(N/N=C/c1cc2c3c(c1O)CCCN3CCC2)N/N=C/c1cc2c3c(c1O)CCCN3CCC2.Oc1c(/C=N/NC(=S)N/N=C/c2cc3c4c(c2O)CCCN4CCC3)cc2c3c1CCCN3CCC2. The quantitative estimate of drug-likeness (QED) is 0.0542. The van der Waals surface area contributed by atoms with Gasteiger partial charge in [0.25, 0.3) is 0 Å². The van der Waals surface area contributed by atoms with E-state index in [1.165, 1.54) is 57.4 Å². The Kier molecular flexibility index (Phi) is 13.5. The van der Waals surface area contributed by atoms with Crippen LogP contribution in [0.3, 0.4) is 0 Å². The van der Waals surface area contributed by atoms with Gasteiger partial charge >= 0.3 is 6.03 Å². The van der Waals surface area contributed by atoms with Crippen molar-refractivity contribution in [2.45, 2.75) is 103 Å². The van der Waals surface area contributed by atoms with Gasteiger partial charge in [-0.1, -0.05) is 0 Å². The number of carbonyl (C=O) groups excluding carboxylic acids is 1. The normalized spacial score (nSPS) is 18.3. The molecule has 17 nitrogen and oxygen atoms in total. The predicted molar refractivity (Wildman–Crippen MR) is 289 cm³/mol. The number of anilines is 4. The van der Waals surface area contributed by atoms with Crippen LogP contribution < -0.4 is 41.3 Å². The second-order valence-electron chi connectivity index (χ2n) is 20.1. The fourth-order valence-corrected chi connectivity index (χ4v) is 12.7. The first-order chi connectivity index (χ1) is 35.2. The molecule has 0 aliphatic carbocycles. The molecule has 18 heteroatoms. The standard InChI is InChI=1S/C27H32N6O3.C27H32N6O2S/c2*34-25-19(13-17-5-1-9-32-11-3-7-21(25)23(17)32)15-28-30-27(36)31-29-16-20-14-18-6-2-10-33-12-4-8-22(24(18)33)26(20)35/h2*13-16,34-35H,1-12H2,(H2,30,31,36)/b2*28-15+,29-16+. The summed E-state index contributed by atoms with van der Waals surface area (Å²) >= 11 is 5.30. The summed E-state index contributed by atoms with van der Waals surface area (Å²) in [5.74, 6) is 1.12. The van der Waals surface area contributed by atoms with Gasteiger partial charge < -0.3 is 40.0 Å². The van der Waals surface area contributed by atoms with Crippen LogP contribution in [0, 0.1) is 0 Å². The van der Waals surface area contributed by atoms with Gasteiger partial charge in [0.15, 0.2) is 0 Å². The molecule has 4 aromatic carbocycles. The fourth-order valence-electron chi connectivity index (χ4n) is 12.6. The van der Waals surface area contributed by atoms with Gasteiger partial charge in [-0.25, -0.2) is 15.6 Å². The summed E-state index contributed by atoms with van der Waals surface area (Å²) in [6.45, 7) is 8.43. The minimum Gasteiger partial charge on any atom is -0.507 e. The minimum absolute atomic E-state index is 0.234. The first kappa shape index (κ1) is 47.3. The molecule has 0 saturated heterocycles. The Bertz CT molecular complexity index is 2540. The number of carbonyl (C=O) groups is 1. The van der Waals surface area contributed by atoms with Crippen LogP contribution in [-0.4, -0.2) is 109 Å². The highest BCUT2D eigenvalue weighted by atomic mass is 32.1. The monoisotopic (exact) mass is 992 g/mol. The number of hydrogen-bond acceptors (Lipinski definition) is 14. The van der Waals surface area contributed by atoms with Crippen LogP contribution in [0.15, 0.2) is 44.7 Å². The van der Waals surface area contributed by atoms with E-state index in [0.29, 0.717) is 33.8 Å². The van der Waals surface area contributed by atoms with Crippen molar-refractivity contribution in [1.29, 1.82) is 0 Å². The number of thiocarbonyl (C=S) groups is 1. The van der Waals surface area contributed by atoms with Crippen molar-refractivity contribution in [3.8, 4) is 23.0 Å². The molecule has 376 valence electrons.